The van der Waals surface area contributed by atoms with Crippen LogP contribution in [0.4, 0.5) is 0 Å². The van der Waals surface area contributed by atoms with Gasteiger partial charge < -0.3 is 37.5 Å². The average Bonchev–Trinajstić information content (AvgIpc) is 3.27. The van der Waals surface area contributed by atoms with Crippen LogP contribution in [0, 0.1) is 5.92 Å². The first-order valence-corrected chi connectivity index (χ1v) is 12.2. The Morgan fingerprint density at radius 2 is 1.62 bits per heavy atom. The normalized spacial score (nSPS) is 15.1. The first kappa shape index (κ1) is 29.3. The average molecular weight is 517 g/mol. The number of carbonyl (C=O) groups is 5. The molecule has 12 nitrogen and oxygen atoms in total. The number of nitrogens with one attached hydrogen (secondary N) is 4. The van der Waals surface area contributed by atoms with Gasteiger partial charge in [-0.05, 0) is 30.9 Å². The molecule has 1 aromatic carbocycles. The predicted octanol–water partition coefficient (Wildman–Crippen LogP) is -0.0918. The Morgan fingerprint density at radius 1 is 0.973 bits per heavy atom. The van der Waals surface area contributed by atoms with Crippen LogP contribution in [0.5, 0.6) is 0 Å². The third-order valence-electron chi connectivity index (χ3n) is 6.34. The lowest BCUT2D eigenvalue weighted by Crippen LogP contribution is -2.57. The molecule has 0 bridgehead atoms. The lowest BCUT2D eigenvalue weighted by atomic mass is 9.98. The first-order valence-electron chi connectivity index (χ1n) is 12.2. The van der Waals surface area contributed by atoms with Crippen molar-refractivity contribution in [2.75, 3.05) is 0 Å². The highest BCUT2D eigenvalue weighted by molar-refractivity contribution is 5.94. The third kappa shape index (κ3) is 8.31. The molecule has 9 N–H and O–H groups in total. The van der Waals surface area contributed by atoms with Gasteiger partial charge in [-0.1, -0.05) is 38.5 Å². The minimum Gasteiger partial charge on any atom is -0.480 e. The number of para-hydroxylation sites is 1. The van der Waals surface area contributed by atoms with E-state index in [4.69, 9.17) is 11.5 Å². The number of aromatic amines is 1. The van der Waals surface area contributed by atoms with Gasteiger partial charge in [0.15, 0.2) is 0 Å². The van der Waals surface area contributed by atoms with Crippen LogP contribution in [0.15, 0.2) is 30.5 Å². The zero-order chi connectivity index (χ0) is 27.7. The van der Waals surface area contributed by atoms with Gasteiger partial charge in [0.25, 0.3) is 0 Å². The molecule has 0 saturated carbocycles. The van der Waals surface area contributed by atoms with E-state index in [0.29, 0.717) is 6.42 Å². The van der Waals surface area contributed by atoms with Crippen molar-refractivity contribution in [1.29, 1.82) is 0 Å². The van der Waals surface area contributed by atoms with Crippen molar-refractivity contribution in [3.8, 4) is 0 Å². The summed E-state index contributed by atoms with van der Waals surface area (Å²) in [5.74, 6) is -4.05. The second-order valence-electron chi connectivity index (χ2n) is 9.17. The van der Waals surface area contributed by atoms with Crippen molar-refractivity contribution in [1.82, 2.24) is 20.9 Å². The van der Waals surface area contributed by atoms with Gasteiger partial charge in [0.05, 0.1) is 6.04 Å². The Hall–Kier alpha value is -3.93. The molecule has 5 atom stereocenters. The number of H-pyrrole nitrogens is 1. The SMILES string of the molecule is CCC(C)C(N)C(=O)NC(Cc1c[nH]c2ccccc12)C(=O)NC(C)C(=O)NC(CCC(N)=O)C(=O)O. The number of aliphatic carboxylic acids is 1. The lowest BCUT2D eigenvalue weighted by Gasteiger charge is -2.25. The fraction of sp³-hybridized carbons (Fsp3) is 0.480. The van der Waals surface area contributed by atoms with E-state index < -0.39 is 53.8 Å². The van der Waals surface area contributed by atoms with E-state index >= 15 is 0 Å². The number of nitrogens with two attached hydrogens (primary N) is 2. The standard InChI is InChI=1S/C25H36N6O6/c1-4-13(2)21(27)24(35)31-19(11-15-12-28-17-8-6-5-7-16(15)17)23(34)29-14(3)22(33)30-18(25(36)37)9-10-20(26)32/h5-8,12-14,18-19,21,28H,4,9-11,27H2,1-3H3,(H2,26,32)(H,29,34)(H,30,33)(H,31,35)(H,36,37). The van der Waals surface area contributed by atoms with Crippen molar-refractivity contribution < 1.29 is 29.1 Å². The van der Waals surface area contributed by atoms with Crippen molar-refractivity contribution in [3.63, 3.8) is 0 Å². The molecular weight excluding hydrogens is 480 g/mol. The maximum absolute atomic E-state index is 13.2. The van der Waals surface area contributed by atoms with Crippen LogP contribution in [0.1, 0.15) is 45.6 Å². The highest BCUT2D eigenvalue weighted by atomic mass is 16.4. The second kappa shape index (κ2) is 13.4. The molecule has 0 aliphatic carbocycles. The van der Waals surface area contributed by atoms with Crippen LogP contribution >= 0.6 is 0 Å². The molecule has 202 valence electrons. The summed E-state index contributed by atoms with van der Waals surface area (Å²) >= 11 is 0. The number of carboxylic acid groups (broad SMARTS) is 1. The molecule has 2 rings (SSSR count). The minimum atomic E-state index is -1.35. The number of hydrogen-bond donors (Lipinski definition) is 7. The summed E-state index contributed by atoms with van der Waals surface area (Å²) in [6.07, 6.45) is 2.13. The van der Waals surface area contributed by atoms with Gasteiger partial charge in [0.2, 0.25) is 23.6 Å². The molecule has 0 spiro atoms. The quantitative estimate of drug-likeness (QED) is 0.181. The molecule has 37 heavy (non-hydrogen) atoms. The van der Waals surface area contributed by atoms with E-state index in [0.717, 1.165) is 16.5 Å². The molecule has 0 aliphatic heterocycles. The molecule has 5 unspecified atom stereocenters. The number of carbonyl (C=O) groups excluding carboxylic acids is 4. The third-order valence-corrected chi connectivity index (χ3v) is 6.34. The van der Waals surface area contributed by atoms with Crippen molar-refractivity contribution in [2.24, 2.45) is 17.4 Å². The number of carboxylic acids is 1. The lowest BCUT2D eigenvalue weighted by molar-refractivity contribution is -0.142. The number of fused-ring (bicyclic) bond motifs is 1. The molecule has 0 aliphatic rings. The van der Waals surface area contributed by atoms with Gasteiger partial charge in [0.1, 0.15) is 18.1 Å². The molecule has 4 amide bonds. The van der Waals surface area contributed by atoms with Crippen molar-refractivity contribution in [2.45, 2.75) is 70.6 Å². The highest BCUT2D eigenvalue weighted by Crippen LogP contribution is 2.19. The summed E-state index contributed by atoms with van der Waals surface area (Å²) < 4.78 is 0. The Balaban J connectivity index is 2.17. The van der Waals surface area contributed by atoms with Gasteiger partial charge in [0, 0.05) is 29.9 Å². The molecule has 0 radical (unpaired) electrons. The first-order chi connectivity index (χ1) is 17.4. The zero-order valence-electron chi connectivity index (χ0n) is 21.2. The van der Waals surface area contributed by atoms with Gasteiger partial charge in [-0.25, -0.2) is 4.79 Å². The number of aromatic nitrogens is 1. The maximum atomic E-state index is 13.2. The van der Waals surface area contributed by atoms with E-state index in [1.807, 2.05) is 38.1 Å². The van der Waals surface area contributed by atoms with Gasteiger partial charge in [-0.2, -0.15) is 0 Å². The minimum absolute atomic E-state index is 0.116. The van der Waals surface area contributed by atoms with Crippen LogP contribution in [0.2, 0.25) is 0 Å². The summed E-state index contributed by atoms with van der Waals surface area (Å²) in [6, 6.07) is 3.13. The largest absolute Gasteiger partial charge is 0.480 e. The summed E-state index contributed by atoms with van der Waals surface area (Å²) in [7, 11) is 0. The summed E-state index contributed by atoms with van der Waals surface area (Å²) in [5.41, 5.74) is 12.8. The van der Waals surface area contributed by atoms with Crippen LogP contribution < -0.4 is 27.4 Å². The number of benzene rings is 1. The number of rotatable bonds is 14. The summed E-state index contributed by atoms with van der Waals surface area (Å²) in [6.45, 7) is 5.13. The molecule has 0 saturated heterocycles. The highest BCUT2D eigenvalue weighted by Gasteiger charge is 2.30. The Morgan fingerprint density at radius 3 is 2.24 bits per heavy atom. The van der Waals surface area contributed by atoms with E-state index in [9.17, 15) is 29.1 Å². The number of hydrogen-bond acceptors (Lipinski definition) is 6. The molecule has 12 heteroatoms. The fourth-order valence-corrected chi connectivity index (χ4v) is 3.73. The summed E-state index contributed by atoms with van der Waals surface area (Å²) in [4.78, 5) is 64.2. The van der Waals surface area contributed by atoms with E-state index in [1.165, 1.54) is 6.92 Å². The van der Waals surface area contributed by atoms with E-state index in [2.05, 4.69) is 20.9 Å². The predicted molar refractivity (Wildman–Crippen MR) is 137 cm³/mol. The van der Waals surface area contributed by atoms with Gasteiger partial charge in [-0.15, -0.1) is 0 Å². The Kier molecular flexibility index (Phi) is 10.6. The van der Waals surface area contributed by atoms with E-state index in [-0.39, 0.29) is 25.2 Å². The van der Waals surface area contributed by atoms with Crippen LogP contribution in [0.25, 0.3) is 10.9 Å². The maximum Gasteiger partial charge on any atom is 0.326 e. The monoisotopic (exact) mass is 516 g/mol. The van der Waals surface area contributed by atoms with Gasteiger partial charge >= 0.3 is 5.97 Å². The smallest absolute Gasteiger partial charge is 0.326 e. The molecule has 0 fully saturated rings. The van der Waals surface area contributed by atoms with Gasteiger partial charge in [-0.3, -0.25) is 19.2 Å². The molecule has 2 aromatic rings. The Bertz CT molecular complexity index is 1130. The topological polar surface area (TPSA) is 209 Å². The number of amides is 4. The van der Waals surface area contributed by atoms with Crippen LogP contribution in [-0.4, -0.2) is 63.9 Å². The summed E-state index contributed by atoms with van der Waals surface area (Å²) in [5, 5.41) is 17.7. The van der Waals surface area contributed by atoms with Crippen LogP contribution in [0.3, 0.4) is 0 Å². The van der Waals surface area contributed by atoms with Crippen LogP contribution in [-0.2, 0) is 30.4 Å². The Labute approximate surface area is 214 Å². The number of primary amides is 1. The van der Waals surface area contributed by atoms with Crippen molar-refractivity contribution >= 4 is 40.5 Å². The van der Waals surface area contributed by atoms with E-state index in [1.54, 1.807) is 6.20 Å². The molecular formula is C25H36N6O6. The second-order valence-corrected chi connectivity index (χ2v) is 9.17. The zero-order valence-corrected chi connectivity index (χ0v) is 21.2. The molecule has 1 aromatic heterocycles. The molecule has 1 heterocycles. The van der Waals surface area contributed by atoms with Crippen molar-refractivity contribution in [3.05, 3.63) is 36.0 Å². The fourth-order valence-electron chi connectivity index (χ4n) is 3.73.